The third-order valence-corrected chi connectivity index (χ3v) is 4.14. The van der Waals surface area contributed by atoms with Crippen LogP contribution in [0.1, 0.15) is 32.3 Å². The number of phenols is 1. The maximum Gasteiger partial charge on any atom is 0.324 e. The molecule has 116 valence electrons. The summed E-state index contributed by atoms with van der Waals surface area (Å²) < 4.78 is 5.37. The molecule has 0 aromatic heterocycles. The van der Waals surface area contributed by atoms with E-state index in [0.29, 0.717) is 18.8 Å². The molecule has 2 N–H and O–H groups in total. The highest BCUT2D eigenvalue weighted by Gasteiger charge is 2.40. The number of ether oxygens (including phenoxy) is 1. The molecule has 0 amide bonds. The molecule has 1 aromatic carbocycles. The lowest BCUT2D eigenvalue weighted by Crippen LogP contribution is -2.52. The maximum absolute atomic E-state index is 11.8. The number of nitrogens with zero attached hydrogens (tertiary/aromatic N) is 1. The minimum atomic E-state index is -0.920. The number of carboxylic acid groups (broad SMARTS) is 1. The minimum Gasteiger partial charge on any atom is -0.504 e. The largest absolute Gasteiger partial charge is 0.504 e. The van der Waals surface area contributed by atoms with E-state index in [1.165, 1.54) is 0 Å². The Hall–Kier alpha value is -1.75. The number of rotatable bonds is 6. The number of aromatic hydroxyl groups is 1. The topological polar surface area (TPSA) is 70.0 Å². The van der Waals surface area contributed by atoms with Crippen LogP contribution in [0.3, 0.4) is 0 Å². The first kappa shape index (κ1) is 15.6. The van der Waals surface area contributed by atoms with E-state index in [1.807, 2.05) is 11.8 Å². The van der Waals surface area contributed by atoms with Gasteiger partial charge in [-0.2, -0.15) is 0 Å². The van der Waals surface area contributed by atoms with Gasteiger partial charge in [0.15, 0.2) is 11.5 Å². The molecule has 1 aromatic rings. The van der Waals surface area contributed by atoms with Gasteiger partial charge in [0.2, 0.25) is 0 Å². The summed E-state index contributed by atoms with van der Waals surface area (Å²) in [5.74, 6) is -0.321. The van der Waals surface area contributed by atoms with E-state index < -0.39 is 11.5 Å². The first-order chi connectivity index (χ1) is 9.97. The Morgan fingerprint density at radius 3 is 2.62 bits per heavy atom. The van der Waals surface area contributed by atoms with Crippen molar-refractivity contribution in [1.82, 2.24) is 4.90 Å². The summed E-state index contributed by atoms with van der Waals surface area (Å²) in [4.78, 5) is 13.8. The van der Waals surface area contributed by atoms with E-state index in [0.717, 1.165) is 31.5 Å². The van der Waals surface area contributed by atoms with Gasteiger partial charge in [0.25, 0.3) is 0 Å². The quantitative estimate of drug-likeness (QED) is 0.842. The number of likely N-dealkylation sites (tertiary alicyclic amines) is 1. The molecule has 5 nitrogen and oxygen atoms in total. The van der Waals surface area contributed by atoms with Gasteiger partial charge in [0.05, 0.1) is 6.61 Å². The number of carbonyl (C=O) groups is 1. The first-order valence-electron chi connectivity index (χ1n) is 7.40. The van der Waals surface area contributed by atoms with Crippen molar-refractivity contribution in [2.75, 3.05) is 19.7 Å². The Balaban J connectivity index is 2.24. The Kier molecular flexibility index (Phi) is 4.73. The summed E-state index contributed by atoms with van der Waals surface area (Å²) in [5, 5.41) is 19.4. The average Bonchev–Trinajstić information content (AvgIpc) is 2.97. The fourth-order valence-electron chi connectivity index (χ4n) is 2.87. The van der Waals surface area contributed by atoms with Crippen LogP contribution in [0.4, 0.5) is 0 Å². The number of phenolic OH excluding ortho intramolecular Hbond substituents is 1. The summed E-state index contributed by atoms with van der Waals surface area (Å²) >= 11 is 0. The lowest BCUT2D eigenvalue weighted by Gasteiger charge is -2.35. The number of carboxylic acids is 1. The van der Waals surface area contributed by atoms with Crippen LogP contribution in [0.15, 0.2) is 18.2 Å². The highest BCUT2D eigenvalue weighted by atomic mass is 16.5. The molecule has 5 heteroatoms. The number of hydrogen-bond acceptors (Lipinski definition) is 4. The van der Waals surface area contributed by atoms with Gasteiger partial charge >= 0.3 is 5.97 Å². The molecule has 21 heavy (non-hydrogen) atoms. The van der Waals surface area contributed by atoms with Crippen LogP contribution in [0, 0.1) is 0 Å². The van der Waals surface area contributed by atoms with Crippen molar-refractivity contribution in [2.45, 2.75) is 38.6 Å². The fourth-order valence-corrected chi connectivity index (χ4v) is 2.87. The molecule has 1 atom stereocenters. The molecule has 0 radical (unpaired) electrons. The lowest BCUT2D eigenvalue weighted by atomic mass is 9.91. The Bertz CT molecular complexity index is 511. The van der Waals surface area contributed by atoms with Crippen molar-refractivity contribution in [3.63, 3.8) is 0 Å². The third-order valence-electron chi connectivity index (χ3n) is 4.14. The molecule has 1 saturated heterocycles. The lowest BCUT2D eigenvalue weighted by molar-refractivity contribution is -0.149. The van der Waals surface area contributed by atoms with Crippen molar-refractivity contribution in [1.29, 1.82) is 0 Å². The van der Waals surface area contributed by atoms with Crippen LogP contribution in [0.25, 0.3) is 0 Å². The highest BCUT2D eigenvalue weighted by molar-refractivity contribution is 5.79. The van der Waals surface area contributed by atoms with Gasteiger partial charge in [-0.15, -0.1) is 0 Å². The van der Waals surface area contributed by atoms with Gasteiger partial charge in [-0.1, -0.05) is 6.07 Å². The van der Waals surface area contributed by atoms with Crippen LogP contribution in [-0.2, 0) is 11.2 Å². The Labute approximate surface area is 125 Å². The second-order valence-electron chi connectivity index (χ2n) is 5.69. The Morgan fingerprint density at radius 2 is 2.05 bits per heavy atom. The Morgan fingerprint density at radius 1 is 1.38 bits per heavy atom. The van der Waals surface area contributed by atoms with E-state index in [-0.39, 0.29) is 5.75 Å². The van der Waals surface area contributed by atoms with E-state index in [9.17, 15) is 15.0 Å². The number of hydrogen-bond donors (Lipinski definition) is 2. The number of benzene rings is 1. The molecule has 1 aliphatic heterocycles. The van der Waals surface area contributed by atoms with E-state index in [1.54, 1.807) is 25.1 Å². The molecule has 2 rings (SSSR count). The van der Waals surface area contributed by atoms with Crippen LogP contribution in [0.2, 0.25) is 0 Å². The smallest absolute Gasteiger partial charge is 0.324 e. The summed E-state index contributed by atoms with van der Waals surface area (Å²) in [6.45, 7) is 5.71. The second-order valence-corrected chi connectivity index (χ2v) is 5.69. The van der Waals surface area contributed by atoms with Crippen molar-refractivity contribution >= 4 is 5.97 Å². The van der Waals surface area contributed by atoms with Gasteiger partial charge in [-0.25, -0.2) is 0 Å². The molecule has 1 aliphatic rings. The van der Waals surface area contributed by atoms with Gasteiger partial charge in [0.1, 0.15) is 5.54 Å². The molecule has 1 heterocycles. The molecule has 0 aliphatic carbocycles. The van der Waals surface area contributed by atoms with E-state index in [4.69, 9.17) is 4.74 Å². The van der Waals surface area contributed by atoms with Gasteiger partial charge < -0.3 is 14.9 Å². The first-order valence-corrected chi connectivity index (χ1v) is 7.40. The van der Waals surface area contributed by atoms with Crippen molar-refractivity contribution in [3.05, 3.63) is 23.8 Å². The van der Waals surface area contributed by atoms with Crippen LogP contribution < -0.4 is 4.74 Å². The predicted octanol–water partition coefficient (Wildman–Crippen LogP) is 2.27. The van der Waals surface area contributed by atoms with Gasteiger partial charge in [-0.05, 0) is 57.5 Å². The zero-order valence-electron chi connectivity index (χ0n) is 12.6. The van der Waals surface area contributed by atoms with Crippen molar-refractivity contribution < 1.29 is 19.7 Å². The standard InChI is InChI=1S/C16H23NO4/c1-3-21-14-10-12(6-7-13(14)18)11-16(2,15(19)20)17-8-4-5-9-17/h6-7,10,18H,3-5,8-9,11H2,1-2H3,(H,19,20). The molecule has 0 saturated carbocycles. The average molecular weight is 293 g/mol. The molecule has 1 unspecified atom stereocenters. The molecular weight excluding hydrogens is 270 g/mol. The number of aliphatic carboxylic acids is 1. The maximum atomic E-state index is 11.8. The van der Waals surface area contributed by atoms with Gasteiger partial charge in [-0.3, -0.25) is 9.69 Å². The van der Waals surface area contributed by atoms with Crippen LogP contribution in [0.5, 0.6) is 11.5 Å². The van der Waals surface area contributed by atoms with Crippen molar-refractivity contribution in [2.24, 2.45) is 0 Å². The fraction of sp³-hybridized carbons (Fsp3) is 0.562. The zero-order valence-corrected chi connectivity index (χ0v) is 12.6. The minimum absolute atomic E-state index is 0.0822. The van der Waals surface area contributed by atoms with Gasteiger partial charge in [0, 0.05) is 6.42 Å². The third kappa shape index (κ3) is 3.29. The molecular formula is C16H23NO4. The summed E-state index contributed by atoms with van der Waals surface area (Å²) in [6.07, 6.45) is 2.48. The SMILES string of the molecule is CCOc1cc(CC(C)(C(=O)O)N2CCCC2)ccc1O. The summed E-state index contributed by atoms with van der Waals surface area (Å²) in [7, 11) is 0. The highest BCUT2D eigenvalue weighted by Crippen LogP contribution is 2.31. The van der Waals surface area contributed by atoms with Crippen LogP contribution >= 0.6 is 0 Å². The van der Waals surface area contributed by atoms with Crippen LogP contribution in [-0.4, -0.2) is 46.3 Å². The zero-order chi connectivity index (χ0) is 15.5. The van der Waals surface area contributed by atoms with Crippen molar-refractivity contribution in [3.8, 4) is 11.5 Å². The van der Waals surface area contributed by atoms with E-state index >= 15 is 0 Å². The molecule has 0 bridgehead atoms. The summed E-state index contributed by atoms with van der Waals surface area (Å²) in [5.41, 5.74) is -0.0650. The van der Waals surface area contributed by atoms with E-state index in [2.05, 4.69) is 0 Å². The predicted molar refractivity (Wildman–Crippen MR) is 79.8 cm³/mol. The monoisotopic (exact) mass is 293 g/mol. The molecule has 0 spiro atoms. The summed E-state index contributed by atoms with van der Waals surface area (Å²) in [6, 6.07) is 5.05. The normalized spacial score (nSPS) is 18.4. The molecule has 1 fully saturated rings. The second kappa shape index (κ2) is 6.35.